The van der Waals surface area contributed by atoms with E-state index >= 15 is 0 Å². The molecule has 0 saturated heterocycles. The molecule has 2 aromatic rings. The van der Waals surface area contributed by atoms with Crippen LogP contribution < -0.4 is 10.1 Å². The van der Waals surface area contributed by atoms with E-state index in [0.29, 0.717) is 18.7 Å². The van der Waals surface area contributed by atoms with Crippen LogP contribution in [0.1, 0.15) is 11.1 Å². The third kappa shape index (κ3) is 5.26. The van der Waals surface area contributed by atoms with Gasteiger partial charge in [0.2, 0.25) is 0 Å². The number of ether oxygens (including phenoxy) is 1. The molecule has 0 spiro atoms. The number of benzene rings is 2. The van der Waals surface area contributed by atoms with Gasteiger partial charge >= 0.3 is 0 Å². The highest BCUT2D eigenvalue weighted by Crippen LogP contribution is 2.11. The number of nitrogens with one attached hydrogen (secondary N) is 1. The van der Waals surface area contributed by atoms with Gasteiger partial charge in [-0.1, -0.05) is 24.3 Å². The van der Waals surface area contributed by atoms with Crippen molar-refractivity contribution < 1.29 is 13.9 Å². The lowest BCUT2D eigenvalue weighted by Crippen LogP contribution is -2.30. The SMILES string of the molecule is Cc1cccc(OCC(=O)NCCc2cccc(F)c2)c1. The Bertz CT molecular complexity index is 613. The van der Waals surface area contributed by atoms with Gasteiger partial charge in [0.15, 0.2) is 6.61 Å². The van der Waals surface area contributed by atoms with E-state index in [1.165, 1.54) is 12.1 Å². The van der Waals surface area contributed by atoms with E-state index in [1.54, 1.807) is 6.07 Å². The largest absolute Gasteiger partial charge is 0.484 e. The van der Waals surface area contributed by atoms with Crippen LogP contribution in [0.15, 0.2) is 48.5 Å². The van der Waals surface area contributed by atoms with Gasteiger partial charge in [0, 0.05) is 6.54 Å². The average molecular weight is 287 g/mol. The van der Waals surface area contributed by atoms with Gasteiger partial charge in [-0.15, -0.1) is 0 Å². The normalized spacial score (nSPS) is 10.2. The van der Waals surface area contributed by atoms with E-state index in [1.807, 2.05) is 37.3 Å². The fourth-order valence-electron chi connectivity index (χ4n) is 1.94. The summed E-state index contributed by atoms with van der Waals surface area (Å²) in [6.07, 6.45) is 0.591. The Morgan fingerprint density at radius 3 is 2.76 bits per heavy atom. The van der Waals surface area contributed by atoms with E-state index in [4.69, 9.17) is 4.74 Å². The van der Waals surface area contributed by atoms with Gasteiger partial charge in [0.05, 0.1) is 0 Å². The number of halogens is 1. The van der Waals surface area contributed by atoms with Crippen molar-refractivity contribution in [2.24, 2.45) is 0 Å². The van der Waals surface area contributed by atoms with Crippen molar-refractivity contribution in [3.63, 3.8) is 0 Å². The molecule has 21 heavy (non-hydrogen) atoms. The molecule has 0 saturated carbocycles. The van der Waals surface area contributed by atoms with Crippen LogP contribution in [0.3, 0.4) is 0 Å². The Hall–Kier alpha value is -2.36. The molecule has 0 aliphatic carbocycles. The van der Waals surface area contributed by atoms with E-state index in [2.05, 4.69) is 5.32 Å². The summed E-state index contributed by atoms with van der Waals surface area (Å²) in [5.41, 5.74) is 1.94. The molecule has 2 rings (SSSR count). The van der Waals surface area contributed by atoms with Crippen molar-refractivity contribution in [1.29, 1.82) is 0 Å². The van der Waals surface area contributed by atoms with Gasteiger partial charge in [-0.2, -0.15) is 0 Å². The molecule has 0 aliphatic rings. The second kappa shape index (κ2) is 7.43. The number of amides is 1. The molecule has 1 amide bonds. The summed E-state index contributed by atoms with van der Waals surface area (Å²) in [4.78, 5) is 11.6. The highest BCUT2D eigenvalue weighted by atomic mass is 19.1. The van der Waals surface area contributed by atoms with Gasteiger partial charge in [0.25, 0.3) is 5.91 Å². The van der Waals surface area contributed by atoms with E-state index in [9.17, 15) is 9.18 Å². The quantitative estimate of drug-likeness (QED) is 0.887. The van der Waals surface area contributed by atoms with Gasteiger partial charge < -0.3 is 10.1 Å². The number of carbonyl (C=O) groups excluding carboxylic acids is 1. The molecule has 1 N–H and O–H groups in total. The second-order valence-electron chi connectivity index (χ2n) is 4.84. The monoisotopic (exact) mass is 287 g/mol. The molecule has 0 radical (unpaired) electrons. The Labute approximate surface area is 123 Å². The molecule has 110 valence electrons. The first kappa shape index (κ1) is 15.0. The van der Waals surface area contributed by atoms with Crippen molar-refractivity contribution in [1.82, 2.24) is 5.32 Å². The van der Waals surface area contributed by atoms with Crippen LogP contribution in [-0.2, 0) is 11.2 Å². The van der Waals surface area contributed by atoms with Crippen molar-refractivity contribution in [2.75, 3.05) is 13.2 Å². The van der Waals surface area contributed by atoms with Gasteiger partial charge in [-0.25, -0.2) is 4.39 Å². The van der Waals surface area contributed by atoms with E-state index in [0.717, 1.165) is 11.1 Å². The zero-order valence-corrected chi connectivity index (χ0v) is 11.9. The minimum absolute atomic E-state index is 0.0212. The second-order valence-corrected chi connectivity index (χ2v) is 4.84. The van der Waals surface area contributed by atoms with Crippen molar-refractivity contribution in [3.05, 3.63) is 65.5 Å². The number of hydrogen-bond acceptors (Lipinski definition) is 2. The Kier molecular flexibility index (Phi) is 5.32. The van der Waals surface area contributed by atoms with Gasteiger partial charge in [-0.05, 0) is 48.7 Å². The summed E-state index contributed by atoms with van der Waals surface area (Å²) in [6, 6.07) is 13.9. The third-order valence-electron chi connectivity index (χ3n) is 2.98. The number of carbonyl (C=O) groups is 1. The molecular formula is C17H18FNO2. The Morgan fingerprint density at radius 2 is 2.00 bits per heavy atom. The van der Waals surface area contributed by atoms with Gasteiger partial charge in [0.1, 0.15) is 11.6 Å². The van der Waals surface area contributed by atoms with Crippen LogP contribution in [0.4, 0.5) is 4.39 Å². The molecule has 0 atom stereocenters. The summed E-state index contributed by atoms with van der Waals surface area (Å²) in [5, 5.41) is 2.75. The number of aryl methyl sites for hydroxylation is 1. The Morgan fingerprint density at radius 1 is 1.19 bits per heavy atom. The molecule has 0 unspecified atom stereocenters. The molecular weight excluding hydrogens is 269 g/mol. The topological polar surface area (TPSA) is 38.3 Å². The predicted octanol–water partition coefficient (Wildman–Crippen LogP) is 2.87. The van der Waals surface area contributed by atoms with Crippen molar-refractivity contribution >= 4 is 5.91 Å². The van der Waals surface area contributed by atoms with Gasteiger partial charge in [-0.3, -0.25) is 4.79 Å². The number of rotatable bonds is 6. The molecule has 4 heteroatoms. The molecule has 0 aromatic heterocycles. The van der Waals surface area contributed by atoms with Crippen LogP contribution >= 0.6 is 0 Å². The predicted molar refractivity (Wildman–Crippen MR) is 79.8 cm³/mol. The Balaban J connectivity index is 1.70. The minimum Gasteiger partial charge on any atom is -0.484 e. The average Bonchev–Trinajstić information content (AvgIpc) is 2.45. The van der Waals surface area contributed by atoms with Crippen molar-refractivity contribution in [3.8, 4) is 5.75 Å². The zero-order chi connectivity index (χ0) is 15.1. The maximum atomic E-state index is 13.0. The lowest BCUT2D eigenvalue weighted by Gasteiger charge is -2.08. The first-order valence-electron chi connectivity index (χ1n) is 6.84. The van der Waals surface area contributed by atoms with E-state index < -0.39 is 0 Å². The zero-order valence-electron chi connectivity index (χ0n) is 11.9. The molecule has 0 bridgehead atoms. The first-order chi connectivity index (χ1) is 10.1. The van der Waals surface area contributed by atoms with Crippen LogP contribution in [-0.4, -0.2) is 19.1 Å². The van der Waals surface area contributed by atoms with Crippen LogP contribution in [0.25, 0.3) is 0 Å². The maximum Gasteiger partial charge on any atom is 0.257 e. The fourth-order valence-corrected chi connectivity index (χ4v) is 1.94. The molecule has 0 aliphatic heterocycles. The minimum atomic E-state index is -0.262. The smallest absolute Gasteiger partial charge is 0.257 e. The highest BCUT2D eigenvalue weighted by Gasteiger charge is 2.03. The fraction of sp³-hybridized carbons (Fsp3) is 0.235. The summed E-state index contributed by atoms with van der Waals surface area (Å²) >= 11 is 0. The molecule has 0 fully saturated rings. The maximum absolute atomic E-state index is 13.0. The van der Waals surface area contributed by atoms with Crippen LogP contribution in [0.2, 0.25) is 0 Å². The molecule has 3 nitrogen and oxygen atoms in total. The lowest BCUT2D eigenvalue weighted by atomic mass is 10.1. The first-order valence-corrected chi connectivity index (χ1v) is 6.84. The summed E-state index contributed by atoms with van der Waals surface area (Å²) in [6.45, 7) is 2.40. The molecule has 2 aromatic carbocycles. The third-order valence-corrected chi connectivity index (χ3v) is 2.98. The van der Waals surface area contributed by atoms with Crippen LogP contribution in [0.5, 0.6) is 5.75 Å². The lowest BCUT2D eigenvalue weighted by molar-refractivity contribution is -0.123. The van der Waals surface area contributed by atoms with E-state index in [-0.39, 0.29) is 18.3 Å². The standard InChI is InChI=1S/C17H18FNO2/c1-13-4-2-7-16(10-13)21-12-17(20)19-9-8-14-5-3-6-15(18)11-14/h2-7,10-11H,8-9,12H2,1H3,(H,19,20). The van der Waals surface area contributed by atoms with Crippen molar-refractivity contribution in [2.45, 2.75) is 13.3 Å². The summed E-state index contributed by atoms with van der Waals surface area (Å²) in [5.74, 6) is 0.227. The molecule has 0 heterocycles. The van der Waals surface area contributed by atoms with Crippen LogP contribution in [0, 0.1) is 12.7 Å². The summed E-state index contributed by atoms with van der Waals surface area (Å²) in [7, 11) is 0. The summed E-state index contributed by atoms with van der Waals surface area (Å²) < 4.78 is 18.4. The highest BCUT2D eigenvalue weighted by molar-refractivity contribution is 5.77. The number of hydrogen-bond donors (Lipinski definition) is 1.